The summed E-state index contributed by atoms with van der Waals surface area (Å²) in [5.41, 5.74) is 0.771. The van der Waals surface area contributed by atoms with Gasteiger partial charge < -0.3 is 15.5 Å². The summed E-state index contributed by atoms with van der Waals surface area (Å²) in [6, 6.07) is 5.64. The summed E-state index contributed by atoms with van der Waals surface area (Å²) in [6.07, 6.45) is 0. The minimum atomic E-state index is -0.475. The number of carbonyl (C=O) groups excluding carboxylic acids is 2. The van der Waals surface area contributed by atoms with Gasteiger partial charge in [0.15, 0.2) is 0 Å². The molecule has 1 aromatic rings. The number of piperazine rings is 1. The van der Waals surface area contributed by atoms with Crippen LogP contribution in [0.4, 0.5) is 9.18 Å². The number of hydrogen-bond donors (Lipinski definition) is 2. The Kier molecular flexibility index (Phi) is 4.12. The number of rotatable bonds is 2. The second kappa shape index (κ2) is 6.03. The Labute approximate surface area is 126 Å². The number of amides is 2. The highest BCUT2D eigenvalue weighted by molar-refractivity contribution is 8.14. The van der Waals surface area contributed by atoms with Gasteiger partial charge in [0.2, 0.25) is 5.91 Å². The van der Waals surface area contributed by atoms with Crippen LogP contribution in [0, 0.1) is 5.82 Å². The van der Waals surface area contributed by atoms with Crippen molar-refractivity contribution in [2.45, 2.75) is 12.1 Å². The molecule has 2 aliphatic rings. The van der Waals surface area contributed by atoms with Gasteiger partial charge in [-0.1, -0.05) is 23.9 Å². The first-order chi connectivity index (χ1) is 10.1. The van der Waals surface area contributed by atoms with Crippen molar-refractivity contribution in [3.05, 3.63) is 35.6 Å². The number of carbonyl (C=O) groups is 2. The predicted octanol–water partition coefficient (Wildman–Crippen LogP) is 1.12. The lowest BCUT2D eigenvalue weighted by Crippen LogP contribution is -2.54. The van der Waals surface area contributed by atoms with E-state index in [1.54, 1.807) is 11.0 Å². The summed E-state index contributed by atoms with van der Waals surface area (Å²) in [5, 5.41) is 5.74. The van der Waals surface area contributed by atoms with Crippen molar-refractivity contribution in [2.75, 3.05) is 25.4 Å². The third-order valence-corrected chi connectivity index (χ3v) is 4.61. The molecular weight excluding hydrogens is 293 g/mol. The molecule has 21 heavy (non-hydrogen) atoms. The van der Waals surface area contributed by atoms with Gasteiger partial charge in [-0.05, 0) is 17.7 Å². The van der Waals surface area contributed by atoms with Crippen molar-refractivity contribution >= 4 is 22.9 Å². The first-order valence-corrected chi connectivity index (χ1v) is 7.83. The van der Waals surface area contributed by atoms with Gasteiger partial charge >= 0.3 is 0 Å². The van der Waals surface area contributed by atoms with Crippen LogP contribution in [0.1, 0.15) is 11.6 Å². The van der Waals surface area contributed by atoms with Gasteiger partial charge in [0.25, 0.3) is 5.24 Å². The van der Waals surface area contributed by atoms with Crippen molar-refractivity contribution in [1.29, 1.82) is 0 Å². The molecule has 0 aliphatic carbocycles. The molecule has 0 bridgehead atoms. The van der Waals surface area contributed by atoms with E-state index in [1.807, 2.05) is 6.07 Å². The molecule has 1 unspecified atom stereocenters. The Balaban J connectivity index is 1.81. The van der Waals surface area contributed by atoms with Gasteiger partial charge in [-0.15, -0.1) is 0 Å². The SMILES string of the molecule is O=C1N[C@H](C(=O)N2CCNCC2c2cccc(F)c2)CS1. The maximum Gasteiger partial charge on any atom is 0.279 e. The summed E-state index contributed by atoms with van der Waals surface area (Å²) in [6.45, 7) is 1.84. The molecule has 3 rings (SSSR count). The number of nitrogens with zero attached hydrogens (tertiary/aromatic N) is 1. The zero-order chi connectivity index (χ0) is 14.8. The summed E-state index contributed by atoms with van der Waals surface area (Å²) >= 11 is 1.12. The number of halogens is 1. The van der Waals surface area contributed by atoms with Crippen molar-refractivity contribution in [1.82, 2.24) is 15.5 Å². The molecule has 7 heteroatoms. The van der Waals surface area contributed by atoms with E-state index < -0.39 is 6.04 Å². The maximum atomic E-state index is 13.4. The summed E-state index contributed by atoms with van der Waals surface area (Å²) in [4.78, 5) is 25.6. The normalized spacial score (nSPS) is 25.8. The molecule has 0 spiro atoms. The molecule has 2 saturated heterocycles. The van der Waals surface area contributed by atoms with E-state index in [9.17, 15) is 14.0 Å². The Hall–Kier alpha value is -1.60. The van der Waals surface area contributed by atoms with E-state index in [1.165, 1.54) is 12.1 Å². The highest BCUT2D eigenvalue weighted by Gasteiger charge is 2.36. The average Bonchev–Trinajstić information content (AvgIpc) is 2.93. The molecule has 0 saturated carbocycles. The van der Waals surface area contributed by atoms with Crippen LogP contribution in [0.25, 0.3) is 0 Å². The molecule has 0 aromatic heterocycles. The standard InChI is InChI=1S/C14H16FN3O2S/c15-10-3-1-2-9(6-10)12-7-16-4-5-18(12)13(19)11-8-21-14(20)17-11/h1-3,6,11-12,16H,4-5,7-8H2,(H,17,20)/t11-,12?/m0/s1. The number of thioether (sulfide) groups is 1. The molecular formula is C14H16FN3O2S. The number of hydrogen-bond acceptors (Lipinski definition) is 4. The number of nitrogens with one attached hydrogen (secondary N) is 2. The van der Waals surface area contributed by atoms with E-state index in [0.29, 0.717) is 25.4 Å². The molecule has 2 fully saturated rings. The van der Waals surface area contributed by atoms with Crippen molar-refractivity contribution in [3.8, 4) is 0 Å². The lowest BCUT2D eigenvalue weighted by molar-refractivity contribution is -0.135. The van der Waals surface area contributed by atoms with Crippen LogP contribution in [0.3, 0.4) is 0 Å². The van der Waals surface area contributed by atoms with E-state index in [2.05, 4.69) is 10.6 Å². The molecule has 2 aliphatic heterocycles. The third kappa shape index (κ3) is 3.03. The topological polar surface area (TPSA) is 61.4 Å². The fourth-order valence-corrected chi connectivity index (χ4v) is 3.47. The van der Waals surface area contributed by atoms with Gasteiger partial charge in [0.05, 0.1) is 6.04 Å². The van der Waals surface area contributed by atoms with Crippen molar-refractivity contribution in [2.24, 2.45) is 0 Å². The molecule has 0 radical (unpaired) electrons. The third-order valence-electron chi connectivity index (χ3n) is 3.73. The predicted molar refractivity (Wildman–Crippen MR) is 78.5 cm³/mol. The fraction of sp³-hybridized carbons (Fsp3) is 0.429. The van der Waals surface area contributed by atoms with E-state index in [-0.39, 0.29) is 23.0 Å². The Morgan fingerprint density at radius 3 is 3.00 bits per heavy atom. The smallest absolute Gasteiger partial charge is 0.279 e. The van der Waals surface area contributed by atoms with Crippen LogP contribution in [-0.2, 0) is 4.79 Å². The van der Waals surface area contributed by atoms with Crippen molar-refractivity contribution < 1.29 is 14.0 Å². The molecule has 112 valence electrons. The van der Waals surface area contributed by atoms with Crippen LogP contribution < -0.4 is 10.6 Å². The van der Waals surface area contributed by atoms with E-state index >= 15 is 0 Å². The Bertz CT molecular complexity index is 569. The minimum Gasteiger partial charge on any atom is -0.334 e. The lowest BCUT2D eigenvalue weighted by atomic mass is 10.0. The van der Waals surface area contributed by atoms with Gasteiger partial charge in [-0.3, -0.25) is 9.59 Å². The summed E-state index contributed by atoms with van der Waals surface area (Å²) in [5.74, 6) is 0.0524. The molecule has 2 N–H and O–H groups in total. The highest BCUT2D eigenvalue weighted by atomic mass is 32.2. The van der Waals surface area contributed by atoms with Crippen LogP contribution in [0.2, 0.25) is 0 Å². The second-order valence-electron chi connectivity index (χ2n) is 5.10. The second-order valence-corrected chi connectivity index (χ2v) is 6.09. The number of benzene rings is 1. The fourth-order valence-electron chi connectivity index (χ4n) is 2.70. The van der Waals surface area contributed by atoms with E-state index in [4.69, 9.17) is 0 Å². The van der Waals surface area contributed by atoms with Crippen molar-refractivity contribution in [3.63, 3.8) is 0 Å². The van der Waals surface area contributed by atoms with Gasteiger partial charge in [-0.2, -0.15) is 0 Å². The van der Waals surface area contributed by atoms with Crippen LogP contribution in [0.5, 0.6) is 0 Å². The Morgan fingerprint density at radius 1 is 1.43 bits per heavy atom. The van der Waals surface area contributed by atoms with Gasteiger partial charge in [-0.25, -0.2) is 4.39 Å². The highest BCUT2D eigenvalue weighted by Crippen LogP contribution is 2.25. The zero-order valence-corrected chi connectivity index (χ0v) is 12.2. The maximum absolute atomic E-state index is 13.4. The first kappa shape index (κ1) is 14.3. The minimum absolute atomic E-state index is 0.0934. The van der Waals surface area contributed by atoms with Crippen LogP contribution >= 0.6 is 11.8 Å². The molecule has 1 aromatic carbocycles. The molecule has 5 nitrogen and oxygen atoms in total. The summed E-state index contributed by atoms with van der Waals surface area (Å²) in [7, 11) is 0. The summed E-state index contributed by atoms with van der Waals surface area (Å²) < 4.78 is 13.4. The Morgan fingerprint density at radius 2 is 2.29 bits per heavy atom. The lowest BCUT2D eigenvalue weighted by Gasteiger charge is -2.37. The monoisotopic (exact) mass is 309 g/mol. The first-order valence-electron chi connectivity index (χ1n) is 6.85. The average molecular weight is 309 g/mol. The van der Waals surface area contributed by atoms with Gasteiger partial charge in [0, 0.05) is 25.4 Å². The zero-order valence-electron chi connectivity index (χ0n) is 11.3. The van der Waals surface area contributed by atoms with Crippen LogP contribution in [-0.4, -0.2) is 47.5 Å². The van der Waals surface area contributed by atoms with E-state index in [0.717, 1.165) is 17.3 Å². The quantitative estimate of drug-likeness (QED) is 0.859. The molecule has 2 heterocycles. The largest absolute Gasteiger partial charge is 0.334 e. The van der Waals surface area contributed by atoms with Crippen LogP contribution in [0.15, 0.2) is 24.3 Å². The molecule has 2 amide bonds. The molecule has 2 atom stereocenters. The van der Waals surface area contributed by atoms with Gasteiger partial charge in [0.1, 0.15) is 11.9 Å².